The van der Waals surface area contributed by atoms with Crippen molar-refractivity contribution in [3.05, 3.63) is 59.7 Å². The summed E-state index contributed by atoms with van der Waals surface area (Å²) in [5.74, 6) is 1.16. The van der Waals surface area contributed by atoms with Crippen molar-refractivity contribution in [2.24, 2.45) is 10.2 Å². The van der Waals surface area contributed by atoms with Gasteiger partial charge in [0.2, 0.25) is 0 Å². The third-order valence-electron chi connectivity index (χ3n) is 5.97. The van der Waals surface area contributed by atoms with Crippen molar-refractivity contribution in [3.8, 4) is 17.0 Å². The summed E-state index contributed by atoms with van der Waals surface area (Å²) >= 11 is 0. The van der Waals surface area contributed by atoms with Crippen LogP contribution in [-0.2, 0) is 0 Å². The first kappa shape index (κ1) is 28.1. The highest BCUT2D eigenvalue weighted by Crippen LogP contribution is 2.28. The van der Waals surface area contributed by atoms with Gasteiger partial charge in [0.05, 0.1) is 23.3 Å². The number of hydrogen-bond donors (Lipinski definition) is 2. The highest BCUT2D eigenvalue weighted by molar-refractivity contribution is 6.12. The predicted molar refractivity (Wildman–Crippen MR) is 154 cm³/mol. The zero-order valence-corrected chi connectivity index (χ0v) is 23.1. The maximum absolute atomic E-state index is 10.9. The number of rotatable bonds is 3. The molecule has 198 valence electrons. The molecule has 0 atom stereocenters. The molecule has 0 aliphatic carbocycles. The van der Waals surface area contributed by atoms with Gasteiger partial charge >= 0.3 is 0 Å². The molecule has 0 radical (unpaired) electrons. The van der Waals surface area contributed by atoms with Crippen LogP contribution in [-0.4, -0.2) is 62.1 Å². The molecule has 2 aromatic heterocycles. The van der Waals surface area contributed by atoms with E-state index in [4.69, 9.17) is 0 Å². The van der Waals surface area contributed by atoms with E-state index < -0.39 is 0 Å². The molecule has 0 amide bonds. The lowest BCUT2D eigenvalue weighted by molar-refractivity contribution is 0.352. The first-order chi connectivity index (χ1) is 18.0. The summed E-state index contributed by atoms with van der Waals surface area (Å²) in [6.07, 6.45) is 10.6. The molecule has 0 spiro atoms. The van der Waals surface area contributed by atoms with Crippen LogP contribution in [0.4, 0.5) is 0 Å². The standard InChI is InChI=1S/C24H27N7O.C3H8.C2H6/c1-3-17-10-20(28-29-23(11-17)30-8-6-25-7-9-30)19-5-4-18(12-22(19)32)21-15-31-14-16(2)27-24(31)13-26-21;1-3-2;1-2/h4-5,10,12-15,25,32H,3,6-9,11H2,1-2H3;3H2,1-2H3;1-2H3. The number of nitrogens with zero attached hydrogens (tertiary/aromatic N) is 6. The molecule has 5 rings (SSSR count). The Morgan fingerprint density at radius 2 is 1.76 bits per heavy atom. The summed E-state index contributed by atoms with van der Waals surface area (Å²) in [4.78, 5) is 11.2. The Hall–Kier alpha value is -3.52. The highest BCUT2D eigenvalue weighted by atomic mass is 16.3. The number of hydrogen-bond acceptors (Lipinski definition) is 7. The van der Waals surface area contributed by atoms with Crippen LogP contribution in [0.25, 0.3) is 16.9 Å². The molecule has 8 heteroatoms. The normalized spacial score (nSPS) is 15.4. The van der Waals surface area contributed by atoms with E-state index in [-0.39, 0.29) is 5.75 Å². The van der Waals surface area contributed by atoms with E-state index in [9.17, 15) is 5.11 Å². The summed E-state index contributed by atoms with van der Waals surface area (Å²) in [6.45, 7) is 16.1. The van der Waals surface area contributed by atoms with Crippen LogP contribution in [0.3, 0.4) is 0 Å². The monoisotopic (exact) mass is 503 g/mol. The maximum Gasteiger partial charge on any atom is 0.155 e. The van der Waals surface area contributed by atoms with Gasteiger partial charge in [-0.2, -0.15) is 0 Å². The molecule has 8 nitrogen and oxygen atoms in total. The topological polar surface area (TPSA) is 90.4 Å². The number of piperazine rings is 1. The van der Waals surface area contributed by atoms with E-state index >= 15 is 0 Å². The summed E-state index contributed by atoms with van der Waals surface area (Å²) in [7, 11) is 0. The van der Waals surface area contributed by atoms with E-state index in [0.29, 0.717) is 11.3 Å². The first-order valence-electron chi connectivity index (χ1n) is 13.5. The van der Waals surface area contributed by atoms with Gasteiger partial charge < -0.3 is 19.7 Å². The molecule has 1 aromatic carbocycles. The molecule has 1 saturated heterocycles. The molecule has 0 saturated carbocycles. The van der Waals surface area contributed by atoms with Crippen molar-refractivity contribution in [1.29, 1.82) is 0 Å². The Morgan fingerprint density at radius 3 is 2.43 bits per heavy atom. The van der Waals surface area contributed by atoms with Crippen molar-refractivity contribution < 1.29 is 5.11 Å². The molecule has 0 unspecified atom stereocenters. The number of aryl methyl sites for hydroxylation is 1. The number of nitrogens with one attached hydrogen (secondary N) is 1. The van der Waals surface area contributed by atoms with Gasteiger partial charge in [-0.15, -0.1) is 10.2 Å². The number of phenols is 1. The predicted octanol–water partition coefficient (Wildman–Crippen LogP) is 5.60. The fourth-order valence-corrected chi connectivity index (χ4v) is 4.16. The van der Waals surface area contributed by atoms with Gasteiger partial charge in [0.1, 0.15) is 11.6 Å². The minimum atomic E-state index is 0.164. The number of imidazole rings is 1. The Labute approximate surface area is 220 Å². The molecule has 1 fully saturated rings. The second kappa shape index (κ2) is 13.7. The Bertz CT molecular complexity index is 1270. The Morgan fingerprint density at radius 1 is 1.03 bits per heavy atom. The van der Waals surface area contributed by atoms with Crippen molar-refractivity contribution >= 4 is 17.2 Å². The van der Waals surface area contributed by atoms with Crippen molar-refractivity contribution in [2.45, 2.75) is 60.8 Å². The molecule has 3 aromatic rings. The fourth-order valence-electron chi connectivity index (χ4n) is 4.16. The number of aromatic hydroxyl groups is 1. The van der Waals surface area contributed by atoms with Gasteiger partial charge in [-0.05, 0) is 31.6 Å². The molecule has 4 heterocycles. The van der Waals surface area contributed by atoms with Gasteiger partial charge in [-0.25, -0.2) is 4.98 Å². The number of allylic oxidation sites excluding steroid dienone is 1. The van der Waals surface area contributed by atoms with E-state index in [1.807, 2.05) is 49.7 Å². The largest absolute Gasteiger partial charge is 0.507 e. The first-order valence-corrected chi connectivity index (χ1v) is 13.5. The lowest BCUT2D eigenvalue weighted by Crippen LogP contribution is -2.46. The van der Waals surface area contributed by atoms with Crippen molar-refractivity contribution in [2.75, 3.05) is 26.2 Å². The minimum absolute atomic E-state index is 0.164. The molecule has 0 bridgehead atoms. The van der Waals surface area contributed by atoms with Crippen LogP contribution >= 0.6 is 0 Å². The van der Waals surface area contributed by atoms with E-state index in [1.54, 1.807) is 12.3 Å². The van der Waals surface area contributed by atoms with Crippen LogP contribution in [0, 0.1) is 6.92 Å². The molecule has 2 N–H and O–H groups in total. The van der Waals surface area contributed by atoms with E-state index in [1.165, 1.54) is 12.0 Å². The number of aromatic nitrogens is 3. The molecule has 37 heavy (non-hydrogen) atoms. The summed E-state index contributed by atoms with van der Waals surface area (Å²) in [6, 6.07) is 5.59. The summed E-state index contributed by atoms with van der Waals surface area (Å²) < 4.78 is 1.95. The number of phenolic OH excluding ortho intramolecular Hbond substituents is 1. The second-order valence-electron chi connectivity index (χ2n) is 8.93. The van der Waals surface area contributed by atoms with Crippen LogP contribution in [0.15, 0.2) is 58.6 Å². The van der Waals surface area contributed by atoms with Crippen LogP contribution in [0.2, 0.25) is 0 Å². The number of amidine groups is 1. The van der Waals surface area contributed by atoms with Crippen molar-refractivity contribution in [1.82, 2.24) is 24.6 Å². The highest BCUT2D eigenvalue weighted by Gasteiger charge is 2.19. The average Bonchev–Trinajstić information content (AvgIpc) is 3.16. The smallest absolute Gasteiger partial charge is 0.155 e. The quantitative estimate of drug-likeness (QED) is 0.485. The third kappa shape index (κ3) is 7.04. The molecule has 2 aliphatic rings. The van der Waals surface area contributed by atoms with Crippen molar-refractivity contribution in [3.63, 3.8) is 0 Å². The average molecular weight is 504 g/mol. The summed E-state index contributed by atoms with van der Waals surface area (Å²) in [5, 5.41) is 23.4. The van der Waals surface area contributed by atoms with Gasteiger partial charge in [0.15, 0.2) is 5.65 Å². The summed E-state index contributed by atoms with van der Waals surface area (Å²) in [5.41, 5.74) is 5.95. The van der Waals surface area contributed by atoms with E-state index in [2.05, 4.69) is 57.2 Å². The Balaban J connectivity index is 0.000000711. The van der Waals surface area contributed by atoms with Crippen LogP contribution in [0.1, 0.15) is 65.1 Å². The number of fused-ring (bicyclic) bond motifs is 1. The third-order valence-corrected chi connectivity index (χ3v) is 5.97. The molecular formula is C29H41N7O. The van der Waals surface area contributed by atoms with Gasteiger partial charge in [0.25, 0.3) is 0 Å². The van der Waals surface area contributed by atoms with Gasteiger partial charge in [-0.3, -0.25) is 4.98 Å². The van der Waals surface area contributed by atoms with Gasteiger partial charge in [0, 0.05) is 56.1 Å². The van der Waals surface area contributed by atoms with E-state index in [0.717, 1.165) is 67.5 Å². The lowest BCUT2D eigenvalue weighted by atomic mass is 10.0. The van der Waals surface area contributed by atoms with Gasteiger partial charge in [-0.1, -0.05) is 52.7 Å². The Kier molecular flexibility index (Phi) is 10.4. The van der Waals surface area contributed by atoms with Crippen LogP contribution < -0.4 is 5.32 Å². The van der Waals surface area contributed by atoms with Crippen LogP contribution in [0.5, 0.6) is 5.75 Å². The number of benzene rings is 1. The zero-order valence-electron chi connectivity index (χ0n) is 23.1. The second-order valence-corrected chi connectivity index (χ2v) is 8.93. The SMILES string of the molecule is CC.CCC.CCC1=CC(c2ccc(-c3cn4cc(C)nc4cn3)cc2O)=NN=C(N2CCNCC2)C1. The fraction of sp³-hybridized carbons (Fsp3) is 0.448. The lowest BCUT2D eigenvalue weighted by Gasteiger charge is -2.29. The zero-order chi connectivity index (χ0) is 26.8. The molecule has 2 aliphatic heterocycles. The molecular weight excluding hydrogens is 462 g/mol. The maximum atomic E-state index is 10.9. The minimum Gasteiger partial charge on any atom is -0.507 e.